The Labute approximate surface area is 253 Å². The molecule has 0 aliphatic carbocycles. The SMILES string of the molecule is CC(=O)/C=C(/C)O.Cc1ccc2c(oc3ccnc(-c4[c-]c5ccccc5c(C(C)(C)C)c4)c32)[c]1[Ge]([CH3])([CH3])[CH3].[Ir]. The van der Waals surface area contributed by atoms with E-state index in [2.05, 4.69) is 93.5 Å². The molecule has 211 valence electrons. The minimum Gasteiger partial charge on any atom is 0 e. The molecule has 0 saturated carbocycles. The van der Waals surface area contributed by atoms with E-state index in [1.807, 2.05) is 12.3 Å². The standard InChI is InChI=1S/C29H30GeNO.C5H8O2.Ir/c1-18-12-13-22-25-24(32-28(22)26(18)30(5,6)7)14-15-31-27(25)20-16-19-10-8-9-11-21(19)23(17-20)29(2,3)4;1-4(6)3-5(2)7;/h8-15,17H,1-7H3;3,6H,1-2H3;/q-1;;/b;4-3-;. The number of fused-ring (bicyclic) bond motifs is 4. The van der Waals surface area contributed by atoms with E-state index in [1.165, 1.54) is 46.2 Å². The number of hydrogen-bond donors (Lipinski definition) is 1. The van der Waals surface area contributed by atoms with Gasteiger partial charge in [-0.3, -0.25) is 4.79 Å². The number of rotatable bonds is 3. The number of ketones is 1. The molecule has 0 aliphatic rings. The van der Waals surface area contributed by atoms with Crippen molar-refractivity contribution >= 4 is 56.2 Å². The number of aromatic nitrogens is 1. The number of allylic oxidation sites excluding steroid dienone is 2. The maximum atomic E-state index is 10.0. The summed E-state index contributed by atoms with van der Waals surface area (Å²) in [4.78, 5) is 14.9. The van der Waals surface area contributed by atoms with Gasteiger partial charge in [0, 0.05) is 26.2 Å². The zero-order valence-corrected chi connectivity index (χ0v) is 29.3. The first kappa shape index (κ1) is 31.8. The molecule has 3 aromatic carbocycles. The Morgan fingerprint density at radius 3 is 2.27 bits per heavy atom. The molecule has 1 N–H and O–H groups in total. The molecule has 6 heteroatoms. The Kier molecular flexibility index (Phi) is 9.55. The first-order chi connectivity index (χ1) is 18.2. The number of benzene rings is 3. The second kappa shape index (κ2) is 12.0. The number of furan rings is 1. The zero-order valence-electron chi connectivity index (χ0n) is 24.8. The fraction of sp³-hybridized carbons (Fsp3) is 0.294. The van der Waals surface area contributed by atoms with Gasteiger partial charge in [0.2, 0.25) is 0 Å². The minimum absolute atomic E-state index is 0. The third kappa shape index (κ3) is 6.59. The molecule has 5 rings (SSSR count). The number of carbonyl (C=O) groups is 1. The van der Waals surface area contributed by atoms with Gasteiger partial charge in [-0.05, 0) is 13.8 Å². The van der Waals surface area contributed by atoms with Crippen LogP contribution in [0.25, 0.3) is 44.0 Å². The number of carbonyl (C=O) groups excluding carboxylic acids is 1. The monoisotopic (exact) mass is 775 g/mol. The van der Waals surface area contributed by atoms with Crippen molar-refractivity contribution in [1.82, 2.24) is 4.98 Å². The van der Waals surface area contributed by atoms with E-state index >= 15 is 0 Å². The molecule has 4 nitrogen and oxygen atoms in total. The van der Waals surface area contributed by atoms with Gasteiger partial charge >= 0.3 is 193 Å². The summed E-state index contributed by atoms with van der Waals surface area (Å²) in [5.74, 6) is 7.23. The summed E-state index contributed by atoms with van der Waals surface area (Å²) in [7, 11) is 0. The smallest absolute Gasteiger partial charge is 0 e. The van der Waals surface area contributed by atoms with Gasteiger partial charge in [-0.25, -0.2) is 0 Å². The van der Waals surface area contributed by atoms with Crippen molar-refractivity contribution in [2.75, 3.05) is 0 Å². The molecule has 0 saturated heterocycles. The Morgan fingerprint density at radius 2 is 1.70 bits per heavy atom. The second-order valence-corrected chi connectivity index (χ2v) is 22.8. The molecule has 0 aliphatic heterocycles. The Bertz CT molecular complexity index is 1730. The van der Waals surface area contributed by atoms with E-state index in [-0.39, 0.29) is 37.1 Å². The van der Waals surface area contributed by atoms with Gasteiger partial charge in [0.05, 0.1) is 5.76 Å². The van der Waals surface area contributed by atoms with E-state index in [4.69, 9.17) is 14.5 Å². The van der Waals surface area contributed by atoms with Crippen LogP contribution in [0.5, 0.6) is 0 Å². The number of aryl methyl sites for hydroxylation is 1. The number of aliphatic hydroxyl groups is 1. The molecule has 0 amide bonds. The van der Waals surface area contributed by atoms with Crippen molar-refractivity contribution in [3.05, 3.63) is 83.8 Å². The largest absolute Gasteiger partial charge is 0 e. The number of nitrogens with zero attached hydrogens (tertiary/aromatic N) is 1. The van der Waals surface area contributed by atoms with E-state index in [0.717, 1.165) is 33.2 Å². The average Bonchev–Trinajstić information content (AvgIpc) is 3.19. The Balaban J connectivity index is 0.000000492. The Hall–Kier alpha value is -2.73. The molecule has 5 aromatic rings. The third-order valence-corrected chi connectivity index (χ3v) is 11.2. The van der Waals surface area contributed by atoms with E-state index in [1.54, 1.807) is 0 Å². The fourth-order valence-corrected chi connectivity index (χ4v) is 9.77. The average molecular weight is 774 g/mol. The summed E-state index contributed by atoms with van der Waals surface area (Å²) in [6.45, 7) is 11.9. The number of pyridine rings is 1. The molecule has 0 spiro atoms. The summed E-state index contributed by atoms with van der Waals surface area (Å²) >= 11 is -2.15. The van der Waals surface area contributed by atoms with Gasteiger partial charge in [-0.15, -0.1) is 0 Å². The van der Waals surface area contributed by atoms with Crippen molar-refractivity contribution in [3.63, 3.8) is 0 Å². The number of hydrogen-bond acceptors (Lipinski definition) is 4. The maximum Gasteiger partial charge on any atom is 0 e. The molecule has 0 fully saturated rings. The molecule has 40 heavy (non-hydrogen) atoms. The van der Waals surface area contributed by atoms with Crippen LogP contribution in [0.15, 0.2) is 71.0 Å². The van der Waals surface area contributed by atoms with Crippen LogP contribution in [-0.4, -0.2) is 29.1 Å². The second-order valence-electron chi connectivity index (χ2n) is 12.3. The minimum atomic E-state index is -2.15. The van der Waals surface area contributed by atoms with Gasteiger partial charge in [0.25, 0.3) is 0 Å². The van der Waals surface area contributed by atoms with Crippen LogP contribution in [0.1, 0.15) is 45.7 Å². The van der Waals surface area contributed by atoms with Crippen LogP contribution in [0.4, 0.5) is 0 Å². The summed E-state index contributed by atoms with van der Waals surface area (Å²) < 4.78 is 7.98. The number of aliphatic hydroxyl groups excluding tert-OH is 1. The molecule has 0 bridgehead atoms. The van der Waals surface area contributed by atoms with Crippen LogP contribution >= 0.6 is 0 Å². The van der Waals surface area contributed by atoms with Crippen molar-refractivity contribution in [2.24, 2.45) is 0 Å². The van der Waals surface area contributed by atoms with Crippen LogP contribution in [0.2, 0.25) is 17.3 Å². The van der Waals surface area contributed by atoms with Gasteiger partial charge in [-0.1, -0.05) is 0 Å². The van der Waals surface area contributed by atoms with Crippen LogP contribution < -0.4 is 4.40 Å². The van der Waals surface area contributed by atoms with Gasteiger partial charge < -0.3 is 5.11 Å². The van der Waals surface area contributed by atoms with Crippen LogP contribution in [0, 0.1) is 13.0 Å². The van der Waals surface area contributed by atoms with Crippen LogP contribution in [-0.2, 0) is 30.3 Å². The van der Waals surface area contributed by atoms with E-state index in [9.17, 15) is 4.79 Å². The molecular weight excluding hydrogens is 735 g/mol. The molecular formula is C34H38GeIrNO3-. The van der Waals surface area contributed by atoms with Crippen molar-refractivity contribution in [1.29, 1.82) is 0 Å². The van der Waals surface area contributed by atoms with Crippen molar-refractivity contribution in [2.45, 2.75) is 64.2 Å². The molecule has 0 unspecified atom stereocenters. The van der Waals surface area contributed by atoms with Gasteiger partial charge in [0.1, 0.15) is 0 Å². The predicted octanol–water partition coefficient (Wildman–Crippen LogP) is 8.79. The summed E-state index contributed by atoms with van der Waals surface area (Å²) in [5.41, 5.74) is 6.61. The summed E-state index contributed by atoms with van der Waals surface area (Å²) in [6.07, 6.45) is 3.03. The zero-order chi connectivity index (χ0) is 28.7. The maximum absolute atomic E-state index is 10.0. The van der Waals surface area contributed by atoms with Crippen molar-refractivity contribution < 1.29 is 34.4 Å². The first-order valence-electron chi connectivity index (χ1n) is 13.3. The fourth-order valence-electron chi connectivity index (χ4n) is 5.29. The van der Waals surface area contributed by atoms with Crippen molar-refractivity contribution in [3.8, 4) is 11.3 Å². The first-order valence-corrected chi connectivity index (χ1v) is 20.7. The topological polar surface area (TPSA) is 63.3 Å². The molecule has 1 radical (unpaired) electrons. The molecule has 2 aromatic heterocycles. The molecule has 2 heterocycles. The van der Waals surface area contributed by atoms with E-state index < -0.39 is 13.3 Å². The Morgan fingerprint density at radius 1 is 1.02 bits per heavy atom. The summed E-state index contributed by atoms with van der Waals surface area (Å²) in [5, 5.41) is 13.0. The predicted molar refractivity (Wildman–Crippen MR) is 167 cm³/mol. The van der Waals surface area contributed by atoms with E-state index in [0.29, 0.717) is 0 Å². The van der Waals surface area contributed by atoms with Crippen LogP contribution in [0.3, 0.4) is 0 Å². The quantitative estimate of drug-likeness (QED) is 0.0863. The third-order valence-electron chi connectivity index (χ3n) is 6.76. The molecule has 0 atom stereocenters. The van der Waals surface area contributed by atoms with Gasteiger partial charge in [0.15, 0.2) is 5.78 Å². The summed E-state index contributed by atoms with van der Waals surface area (Å²) in [6, 6.07) is 20.9. The normalized spacial score (nSPS) is 12.3. The van der Waals surface area contributed by atoms with Gasteiger partial charge in [-0.2, -0.15) is 0 Å².